The SMILES string of the molecule is CC(Cc1cccs1)Nc1cc(Cl)ccc1N. The van der Waals surface area contributed by atoms with Crippen LogP contribution in [0.15, 0.2) is 35.7 Å². The van der Waals surface area contributed by atoms with Gasteiger partial charge in [0.2, 0.25) is 0 Å². The fraction of sp³-hybridized carbons (Fsp3) is 0.231. The minimum Gasteiger partial charge on any atom is -0.397 e. The summed E-state index contributed by atoms with van der Waals surface area (Å²) in [6, 6.07) is 10.0. The van der Waals surface area contributed by atoms with Crippen LogP contribution in [0.4, 0.5) is 11.4 Å². The van der Waals surface area contributed by atoms with E-state index >= 15 is 0 Å². The van der Waals surface area contributed by atoms with Gasteiger partial charge in [-0.15, -0.1) is 11.3 Å². The maximum atomic E-state index is 5.95. The molecule has 0 bridgehead atoms. The van der Waals surface area contributed by atoms with Gasteiger partial charge in [-0.1, -0.05) is 17.7 Å². The molecule has 2 aromatic rings. The zero-order valence-corrected chi connectivity index (χ0v) is 11.2. The Balaban J connectivity index is 2.02. The van der Waals surface area contributed by atoms with Gasteiger partial charge >= 0.3 is 0 Å². The third-order valence-electron chi connectivity index (χ3n) is 2.50. The molecule has 90 valence electrons. The third kappa shape index (κ3) is 3.38. The summed E-state index contributed by atoms with van der Waals surface area (Å²) in [5.74, 6) is 0. The molecule has 0 saturated heterocycles. The highest BCUT2D eigenvalue weighted by molar-refractivity contribution is 7.09. The number of nitrogen functional groups attached to an aromatic ring is 1. The lowest BCUT2D eigenvalue weighted by Gasteiger charge is -2.16. The first-order valence-electron chi connectivity index (χ1n) is 5.49. The maximum absolute atomic E-state index is 5.95. The predicted molar refractivity (Wildman–Crippen MR) is 77.0 cm³/mol. The molecule has 2 rings (SSSR count). The van der Waals surface area contributed by atoms with Gasteiger partial charge in [-0.25, -0.2) is 0 Å². The van der Waals surface area contributed by atoms with Gasteiger partial charge in [0.1, 0.15) is 0 Å². The first kappa shape index (κ1) is 12.3. The molecule has 0 amide bonds. The minimum absolute atomic E-state index is 0.328. The van der Waals surface area contributed by atoms with E-state index in [1.807, 2.05) is 12.1 Å². The van der Waals surface area contributed by atoms with Crippen LogP contribution in [0.5, 0.6) is 0 Å². The van der Waals surface area contributed by atoms with Crippen molar-refractivity contribution in [1.82, 2.24) is 0 Å². The Morgan fingerprint density at radius 1 is 1.41 bits per heavy atom. The van der Waals surface area contributed by atoms with Crippen molar-refractivity contribution in [3.05, 3.63) is 45.6 Å². The number of benzene rings is 1. The predicted octanol–water partition coefficient (Wildman–Crippen LogP) is 4.03. The summed E-state index contributed by atoms with van der Waals surface area (Å²) in [7, 11) is 0. The fourth-order valence-corrected chi connectivity index (χ4v) is 2.71. The lowest BCUT2D eigenvalue weighted by molar-refractivity contribution is 0.801. The second kappa shape index (κ2) is 5.43. The normalized spacial score (nSPS) is 12.4. The number of rotatable bonds is 4. The van der Waals surface area contributed by atoms with Crippen LogP contribution >= 0.6 is 22.9 Å². The molecule has 17 heavy (non-hydrogen) atoms. The van der Waals surface area contributed by atoms with Crippen LogP contribution in [-0.4, -0.2) is 6.04 Å². The maximum Gasteiger partial charge on any atom is 0.0591 e. The van der Waals surface area contributed by atoms with Gasteiger partial charge in [-0.2, -0.15) is 0 Å². The molecule has 1 unspecified atom stereocenters. The molecule has 4 heteroatoms. The Hall–Kier alpha value is -1.19. The molecular formula is C13H15ClN2S. The quantitative estimate of drug-likeness (QED) is 0.820. The average molecular weight is 267 g/mol. The largest absolute Gasteiger partial charge is 0.397 e. The van der Waals surface area contributed by atoms with Crippen molar-refractivity contribution in [3.8, 4) is 0 Å². The molecule has 0 saturated carbocycles. The van der Waals surface area contributed by atoms with Crippen molar-refractivity contribution in [1.29, 1.82) is 0 Å². The number of hydrogen-bond acceptors (Lipinski definition) is 3. The second-order valence-corrected chi connectivity index (χ2v) is 5.53. The second-order valence-electron chi connectivity index (χ2n) is 4.06. The molecule has 1 aromatic carbocycles. The summed E-state index contributed by atoms with van der Waals surface area (Å²) in [6.07, 6.45) is 0.990. The van der Waals surface area contributed by atoms with Gasteiger partial charge in [-0.05, 0) is 36.6 Å². The molecule has 0 aliphatic rings. The molecule has 1 atom stereocenters. The van der Waals surface area contributed by atoms with E-state index in [0.29, 0.717) is 11.1 Å². The molecule has 0 aliphatic heterocycles. The zero-order chi connectivity index (χ0) is 12.3. The lowest BCUT2D eigenvalue weighted by atomic mass is 10.2. The topological polar surface area (TPSA) is 38.0 Å². The summed E-state index contributed by atoms with van der Waals surface area (Å²) in [5.41, 5.74) is 7.53. The molecule has 0 radical (unpaired) electrons. The molecule has 2 nitrogen and oxygen atoms in total. The van der Waals surface area contributed by atoms with Crippen molar-refractivity contribution >= 4 is 34.3 Å². The Morgan fingerprint density at radius 3 is 2.94 bits per heavy atom. The summed E-state index contributed by atoms with van der Waals surface area (Å²) in [5, 5.41) is 6.18. The number of halogens is 1. The van der Waals surface area contributed by atoms with E-state index in [0.717, 1.165) is 17.8 Å². The fourth-order valence-electron chi connectivity index (χ4n) is 1.70. The van der Waals surface area contributed by atoms with Crippen molar-refractivity contribution in [3.63, 3.8) is 0 Å². The number of hydrogen-bond donors (Lipinski definition) is 2. The van der Waals surface area contributed by atoms with Gasteiger partial charge in [0.15, 0.2) is 0 Å². The van der Waals surface area contributed by atoms with Crippen LogP contribution in [0.2, 0.25) is 5.02 Å². The van der Waals surface area contributed by atoms with Crippen molar-refractivity contribution in [2.75, 3.05) is 11.1 Å². The average Bonchev–Trinajstić information content (AvgIpc) is 2.76. The van der Waals surface area contributed by atoms with Crippen LogP contribution in [0.25, 0.3) is 0 Å². The van der Waals surface area contributed by atoms with Crippen molar-refractivity contribution < 1.29 is 0 Å². The van der Waals surface area contributed by atoms with E-state index in [9.17, 15) is 0 Å². The number of nitrogens with two attached hydrogens (primary N) is 1. The highest BCUT2D eigenvalue weighted by atomic mass is 35.5. The smallest absolute Gasteiger partial charge is 0.0591 e. The van der Waals surface area contributed by atoms with Gasteiger partial charge in [0.25, 0.3) is 0 Å². The Kier molecular flexibility index (Phi) is 3.92. The Bertz CT molecular complexity index is 482. The van der Waals surface area contributed by atoms with E-state index < -0.39 is 0 Å². The molecule has 1 heterocycles. The van der Waals surface area contributed by atoms with Gasteiger partial charge < -0.3 is 11.1 Å². The third-order valence-corrected chi connectivity index (χ3v) is 3.64. The van der Waals surface area contributed by atoms with Crippen LogP contribution < -0.4 is 11.1 Å². The van der Waals surface area contributed by atoms with Gasteiger partial charge in [0, 0.05) is 22.4 Å². The van der Waals surface area contributed by atoms with E-state index in [1.54, 1.807) is 17.4 Å². The van der Waals surface area contributed by atoms with Crippen molar-refractivity contribution in [2.45, 2.75) is 19.4 Å². The lowest BCUT2D eigenvalue weighted by Crippen LogP contribution is -2.18. The molecule has 0 fully saturated rings. The van der Waals surface area contributed by atoms with Crippen molar-refractivity contribution in [2.24, 2.45) is 0 Å². The number of thiophene rings is 1. The van der Waals surface area contributed by atoms with Gasteiger partial charge in [0.05, 0.1) is 11.4 Å². The first-order chi connectivity index (χ1) is 8.15. The number of anilines is 2. The van der Waals surface area contributed by atoms with Crippen LogP contribution in [0.3, 0.4) is 0 Å². The molecular weight excluding hydrogens is 252 g/mol. The van der Waals surface area contributed by atoms with Crippen LogP contribution in [0.1, 0.15) is 11.8 Å². The summed E-state index contributed by atoms with van der Waals surface area (Å²) in [6.45, 7) is 2.14. The molecule has 1 aromatic heterocycles. The summed E-state index contributed by atoms with van der Waals surface area (Å²) < 4.78 is 0. The highest BCUT2D eigenvalue weighted by Gasteiger charge is 2.07. The minimum atomic E-state index is 0.328. The van der Waals surface area contributed by atoms with Crippen LogP contribution in [0, 0.1) is 0 Å². The Labute approximate surface area is 110 Å². The standard InChI is InChI=1S/C13H15ClN2S/c1-9(7-11-3-2-6-17-11)16-13-8-10(14)4-5-12(13)15/h2-6,8-9,16H,7,15H2,1H3. The van der Waals surface area contributed by atoms with E-state index in [-0.39, 0.29) is 0 Å². The highest BCUT2D eigenvalue weighted by Crippen LogP contribution is 2.24. The monoisotopic (exact) mass is 266 g/mol. The van der Waals surface area contributed by atoms with Crippen LogP contribution in [-0.2, 0) is 6.42 Å². The van der Waals surface area contributed by atoms with Gasteiger partial charge in [-0.3, -0.25) is 0 Å². The molecule has 0 aliphatic carbocycles. The zero-order valence-electron chi connectivity index (χ0n) is 9.61. The Morgan fingerprint density at radius 2 is 2.24 bits per heavy atom. The summed E-state index contributed by atoms with van der Waals surface area (Å²) in [4.78, 5) is 1.37. The first-order valence-corrected chi connectivity index (χ1v) is 6.75. The number of nitrogens with one attached hydrogen (secondary N) is 1. The van der Waals surface area contributed by atoms with E-state index in [2.05, 4.69) is 29.8 Å². The van der Waals surface area contributed by atoms with E-state index in [1.165, 1.54) is 4.88 Å². The molecule has 0 spiro atoms. The summed E-state index contributed by atoms with van der Waals surface area (Å²) >= 11 is 7.72. The van der Waals surface area contributed by atoms with E-state index in [4.69, 9.17) is 17.3 Å². The molecule has 3 N–H and O–H groups in total.